The highest BCUT2D eigenvalue weighted by molar-refractivity contribution is 5.75. The Kier molecular flexibility index (Phi) is 3.33. The van der Waals surface area contributed by atoms with E-state index < -0.39 is 0 Å². The van der Waals surface area contributed by atoms with Crippen molar-refractivity contribution in [1.82, 2.24) is 0 Å². The van der Waals surface area contributed by atoms with Gasteiger partial charge >= 0.3 is 0 Å². The molecule has 1 aromatic rings. The summed E-state index contributed by atoms with van der Waals surface area (Å²) >= 11 is 0. The van der Waals surface area contributed by atoms with Gasteiger partial charge in [0.15, 0.2) is 0 Å². The smallest absolute Gasteiger partial charge is 0.142 e. The molecule has 2 aliphatic rings. The maximum atomic E-state index is 13.0. The molecule has 2 unspecified atom stereocenters. The van der Waals surface area contributed by atoms with Crippen LogP contribution < -0.4 is 0 Å². The maximum Gasteiger partial charge on any atom is 0.142 e. The summed E-state index contributed by atoms with van der Waals surface area (Å²) in [5.41, 5.74) is 3.69. The lowest BCUT2D eigenvalue weighted by Gasteiger charge is -2.25. The summed E-state index contributed by atoms with van der Waals surface area (Å²) in [4.78, 5) is 10.6. The molecule has 0 aliphatic heterocycles. The average molecular weight is 256 g/mol. The lowest BCUT2D eigenvalue weighted by Crippen LogP contribution is -2.10. The molecule has 0 heterocycles. The molecule has 2 atom stereocenters. The topological polar surface area (TPSA) is 17.1 Å². The molecule has 1 aromatic carbocycles. The molecule has 1 saturated carbocycles. The van der Waals surface area contributed by atoms with E-state index in [0.29, 0.717) is 5.92 Å². The van der Waals surface area contributed by atoms with Crippen LogP contribution in [0.1, 0.15) is 31.2 Å². The quantitative estimate of drug-likeness (QED) is 0.586. The Balaban J connectivity index is 2.04. The molecular formula is C17H17FO. The van der Waals surface area contributed by atoms with Crippen molar-refractivity contribution >= 4 is 11.9 Å². The number of hydrogen-bond donors (Lipinski definition) is 0. The third kappa shape index (κ3) is 2.40. The highest BCUT2D eigenvalue weighted by Crippen LogP contribution is 2.48. The Morgan fingerprint density at radius 3 is 2.68 bits per heavy atom. The lowest BCUT2D eigenvalue weighted by atomic mass is 9.80. The van der Waals surface area contributed by atoms with Gasteiger partial charge in [0.05, 0.1) is 0 Å². The van der Waals surface area contributed by atoms with E-state index in [9.17, 15) is 9.18 Å². The fourth-order valence-electron chi connectivity index (χ4n) is 3.51. The second-order valence-electron chi connectivity index (χ2n) is 5.52. The summed E-state index contributed by atoms with van der Waals surface area (Å²) in [6.45, 7) is 0. The van der Waals surface area contributed by atoms with Crippen molar-refractivity contribution in [3.8, 4) is 0 Å². The molecule has 0 aromatic heterocycles. The molecule has 19 heavy (non-hydrogen) atoms. The molecule has 0 N–H and O–H groups in total. The van der Waals surface area contributed by atoms with Crippen LogP contribution in [0.3, 0.4) is 0 Å². The van der Waals surface area contributed by atoms with Crippen LogP contribution in [0.2, 0.25) is 0 Å². The minimum Gasteiger partial charge on any atom is -0.299 e. The van der Waals surface area contributed by atoms with Gasteiger partial charge in [0, 0.05) is 0 Å². The van der Waals surface area contributed by atoms with Gasteiger partial charge in [0.25, 0.3) is 0 Å². The van der Waals surface area contributed by atoms with Crippen LogP contribution >= 0.6 is 0 Å². The molecule has 1 nitrogen and oxygen atoms in total. The molecule has 0 spiro atoms. The fraction of sp³-hybridized carbons (Fsp3) is 0.353. The molecule has 1 fully saturated rings. The van der Waals surface area contributed by atoms with Crippen LogP contribution in [0, 0.1) is 17.7 Å². The first kappa shape index (κ1) is 12.3. The zero-order chi connectivity index (χ0) is 13.2. The summed E-state index contributed by atoms with van der Waals surface area (Å²) in [6, 6.07) is 6.73. The monoisotopic (exact) mass is 256 g/mol. The molecule has 2 bridgehead atoms. The number of hydrogen-bond acceptors (Lipinski definition) is 1. The molecule has 0 amide bonds. The molecule has 98 valence electrons. The van der Waals surface area contributed by atoms with Gasteiger partial charge in [-0.25, -0.2) is 4.39 Å². The number of allylic oxidation sites excluding steroid dienone is 4. The predicted molar refractivity (Wildman–Crippen MR) is 74.0 cm³/mol. The van der Waals surface area contributed by atoms with Crippen LogP contribution in [0.25, 0.3) is 5.57 Å². The number of fused-ring (bicyclic) bond motifs is 2. The molecule has 2 aliphatic carbocycles. The van der Waals surface area contributed by atoms with Crippen LogP contribution in [0.4, 0.5) is 4.39 Å². The molecule has 3 rings (SSSR count). The normalized spacial score (nSPS) is 26.2. The summed E-state index contributed by atoms with van der Waals surface area (Å²) < 4.78 is 13.0. The van der Waals surface area contributed by atoms with Crippen molar-refractivity contribution in [3.63, 3.8) is 0 Å². The zero-order valence-corrected chi connectivity index (χ0v) is 10.8. The van der Waals surface area contributed by atoms with E-state index in [2.05, 4.69) is 0 Å². The van der Waals surface area contributed by atoms with Gasteiger partial charge in [0.2, 0.25) is 0 Å². The van der Waals surface area contributed by atoms with Gasteiger partial charge < -0.3 is 0 Å². The van der Waals surface area contributed by atoms with Crippen molar-refractivity contribution in [2.75, 3.05) is 0 Å². The standard InChI is InChI=1S/C17H17FO/c18-15-7-5-13(6-8-15)17-11-12-3-4-14(10-12)16(17)2-1-9-19/h1-2,5-9,12,14H,3-4,10-11H2. The van der Waals surface area contributed by atoms with Gasteiger partial charge in [-0.05, 0) is 72.4 Å². The van der Waals surface area contributed by atoms with Crippen LogP contribution in [0.15, 0.2) is 42.0 Å². The SMILES string of the molecule is O=CC=CC1=C(c2ccc(F)cc2)CC2CCC1C2. The number of carbonyl (C=O) groups is 1. The Hall–Kier alpha value is -1.70. The fourth-order valence-corrected chi connectivity index (χ4v) is 3.51. The van der Waals surface area contributed by atoms with E-state index in [1.165, 1.54) is 42.5 Å². The van der Waals surface area contributed by atoms with E-state index in [0.717, 1.165) is 24.2 Å². The minimum atomic E-state index is -0.201. The molecule has 0 saturated heterocycles. The first-order valence-corrected chi connectivity index (χ1v) is 6.88. The van der Waals surface area contributed by atoms with Crippen LogP contribution in [-0.4, -0.2) is 6.29 Å². The van der Waals surface area contributed by atoms with Crippen molar-refractivity contribution < 1.29 is 9.18 Å². The van der Waals surface area contributed by atoms with Crippen LogP contribution in [0.5, 0.6) is 0 Å². The predicted octanol–water partition coefficient (Wildman–Crippen LogP) is 4.15. The minimum absolute atomic E-state index is 0.201. The highest BCUT2D eigenvalue weighted by Gasteiger charge is 2.33. The van der Waals surface area contributed by atoms with E-state index >= 15 is 0 Å². The summed E-state index contributed by atoms with van der Waals surface area (Å²) in [7, 11) is 0. The average Bonchev–Trinajstić information content (AvgIpc) is 2.81. The Bertz CT molecular complexity index is 539. The van der Waals surface area contributed by atoms with Gasteiger partial charge in [0.1, 0.15) is 12.1 Å². The van der Waals surface area contributed by atoms with Crippen molar-refractivity contribution in [1.29, 1.82) is 0 Å². The Labute approximate surface area is 112 Å². The zero-order valence-electron chi connectivity index (χ0n) is 10.8. The number of halogens is 1. The highest BCUT2D eigenvalue weighted by atomic mass is 19.1. The number of aldehydes is 1. The Morgan fingerprint density at radius 2 is 1.95 bits per heavy atom. The summed E-state index contributed by atoms with van der Waals surface area (Å²) in [6.07, 6.45) is 9.15. The second-order valence-corrected chi connectivity index (χ2v) is 5.52. The Morgan fingerprint density at radius 1 is 1.16 bits per heavy atom. The number of benzene rings is 1. The third-order valence-corrected chi connectivity index (χ3v) is 4.37. The third-order valence-electron chi connectivity index (χ3n) is 4.37. The summed E-state index contributed by atoms with van der Waals surface area (Å²) in [5, 5.41) is 0. The first-order valence-electron chi connectivity index (χ1n) is 6.88. The van der Waals surface area contributed by atoms with Gasteiger partial charge in [-0.15, -0.1) is 0 Å². The van der Waals surface area contributed by atoms with Gasteiger partial charge in [-0.3, -0.25) is 4.79 Å². The van der Waals surface area contributed by atoms with E-state index in [1.54, 1.807) is 6.08 Å². The van der Waals surface area contributed by atoms with Crippen LogP contribution in [-0.2, 0) is 4.79 Å². The van der Waals surface area contributed by atoms with E-state index in [-0.39, 0.29) is 5.82 Å². The van der Waals surface area contributed by atoms with Crippen molar-refractivity contribution in [3.05, 3.63) is 53.4 Å². The lowest BCUT2D eigenvalue weighted by molar-refractivity contribution is -0.104. The second kappa shape index (κ2) is 5.12. The van der Waals surface area contributed by atoms with Gasteiger partial charge in [-0.2, -0.15) is 0 Å². The molecule has 0 radical (unpaired) electrons. The number of carbonyl (C=O) groups excluding carboxylic acids is 1. The van der Waals surface area contributed by atoms with Gasteiger partial charge in [-0.1, -0.05) is 18.2 Å². The maximum absolute atomic E-state index is 13.0. The molecular weight excluding hydrogens is 239 g/mol. The first-order chi connectivity index (χ1) is 9.28. The van der Waals surface area contributed by atoms with E-state index in [4.69, 9.17) is 0 Å². The number of rotatable bonds is 3. The summed E-state index contributed by atoms with van der Waals surface area (Å²) in [5.74, 6) is 1.14. The largest absolute Gasteiger partial charge is 0.299 e. The molecule has 2 heteroatoms. The van der Waals surface area contributed by atoms with Crippen molar-refractivity contribution in [2.45, 2.75) is 25.7 Å². The van der Waals surface area contributed by atoms with Crippen molar-refractivity contribution in [2.24, 2.45) is 11.8 Å². The van der Waals surface area contributed by atoms with E-state index in [1.807, 2.05) is 18.2 Å².